The Hall–Kier alpha value is -0.900. The third-order valence-electron chi connectivity index (χ3n) is 1.35. The largest absolute Gasteiger partial charge is 0.305 e. The summed E-state index contributed by atoms with van der Waals surface area (Å²) < 4.78 is 0. The normalized spacial score (nSPS) is 13.1. The molecule has 4 heteroatoms. The summed E-state index contributed by atoms with van der Waals surface area (Å²) in [4.78, 5) is 5.11. The highest BCUT2D eigenvalue weighted by Gasteiger charge is 2.07. The zero-order chi connectivity index (χ0) is 9.90. The Morgan fingerprint density at radius 3 is 2.69 bits per heavy atom. The van der Waals surface area contributed by atoms with E-state index < -0.39 is 0 Å². The lowest BCUT2D eigenvalue weighted by Crippen LogP contribution is -2.32. The van der Waals surface area contributed by atoms with Crippen LogP contribution in [-0.2, 0) is 0 Å². The van der Waals surface area contributed by atoms with Crippen molar-refractivity contribution in [2.24, 2.45) is 5.10 Å². The Bertz CT molecular complexity index is 282. The average Bonchev–Trinajstić information content (AvgIpc) is 2.50. The number of nitrogens with one attached hydrogen (secondary N) is 1. The van der Waals surface area contributed by atoms with Gasteiger partial charge < -0.3 is 5.43 Å². The fourth-order valence-electron chi connectivity index (χ4n) is 0.701. The standard InChI is InChI=1S/C9H15N3S/c1-7(8-5-10-6-13-8)11-12-9(2,3)4/h5-6,12H,1-4H3/b11-7+. The molecule has 0 bridgehead atoms. The second-order valence-corrected chi connectivity index (χ2v) is 4.81. The van der Waals surface area contributed by atoms with Crippen LogP contribution in [0.3, 0.4) is 0 Å². The van der Waals surface area contributed by atoms with Crippen LogP contribution < -0.4 is 5.43 Å². The molecule has 0 aliphatic carbocycles. The van der Waals surface area contributed by atoms with Crippen molar-refractivity contribution in [2.75, 3.05) is 0 Å². The van der Waals surface area contributed by atoms with Crippen LogP contribution in [0.25, 0.3) is 0 Å². The summed E-state index contributed by atoms with van der Waals surface area (Å²) in [6.45, 7) is 8.22. The van der Waals surface area contributed by atoms with Gasteiger partial charge in [-0.2, -0.15) is 5.10 Å². The predicted molar refractivity (Wildman–Crippen MR) is 57.2 cm³/mol. The molecule has 1 aromatic heterocycles. The van der Waals surface area contributed by atoms with Gasteiger partial charge in [-0.05, 0) is 27.7 Å². The van der Waals surface area contributed by atoms with E-state index in [0.717, 1.165) is 10.6 Å². The van der Waals surface area contributed by atoms with Gasteiger partial charge in [-0.1, -0.05) is 0 Å². The van der Waals surface area contributed by atoms with Crippen LogP contribution in [-0.4, -0.2) is 16.2 Å². The number of nitrogens with zero attached hydrogens (tertiary/aromatic N) is 2. The van der Waals surface area contributed by atoms with Crippen molar-refractivity contribution >= 4 is 17.0 Å². The molecule has 0 saturated heterocycles. The van der Waals surface area contributed by atoms with Crippen molar-refractivity contribution in [1.29, 1.82) is 0 Å². The molecule has 0 aliphatic heterocycles. The van der Waals surface area contributed by atoms with Gasteiger partial charge in [0, 0.05) is 11.7 Å². The summed E-state index contributed by atoms with van der Waals surface area (Å²) in [5.41, 5.74) is 5.89. The molecule has 1 N–H and O–H groups in total. The maximum Gasteiger partial charge on any atom is 0.0798 e. The Morgan fingerprint density at radius 1 is 1.54 bits per heavy atom. The quantitative estimate of drug-likeness (QED) is 0.583. The third kappa shape index (κ3) is 3.55. The SMILES string of the molecule is C/C(=N\NC(C)(C)C)c1cncs1. The minimum absolute atomic E-state index is 0.0198. The van der Waals surface area contributed by atoms with Gasteiger partial charge in [-0.3, -0.25) is 4.98 Å². The Labute approximate surface area is 82.9 Å². The van der Waals surface area contributed by atoms with Crippen molar-refractivity contribution in [1.82, 2.24) is 10.4 Å². The smallest absolute Gasteiger partial charge is 0.0798 e. The Balaban J connectivity index is 2.63. The second kappa shape index (κ2) is 3.87. The average molecular weight is 197 g/mol. The first-order valence-electron chi connectivity index (χ1n) is 4.19. The molecule has 72 valence electrons. The summed E-state index contributed by atoms with van der Waals surface area (Å²) in [5.74, 6) is 0. The van der Waals surface area contributed by atoms with E-state index in [2.05, 4.69) is 36.3 Å². The molecule has 1 heterocycles. The molecule has 0 radical (unpaired) electrons. The Morgan fingerprint density at radius 2 is 2.23 bits per heavy atom. The molecule has 0 saturated carbocycles. The van der Waals surface area contributed by atoms with E-state index in [1.54, 1.807) is 11.3 Å². The molecule has 0 amide bonds. The van der Waals surface area contributed by atoms with E-state index in [1.165, 1.54) is 0 Å². The van der Waals surface area contributed by atoms with Crippen LogP contribution in [0.2, 0.25) is 0 Å². The summed E-state index contributed by atoms with van der Waals surface area (Å²) in [7, 11) is 0. The van der Waals surface area contributed by atoms with Gasteiger partial charge in [-0.25, -0.2) is 0 Å². The maximum atomic E-state index is 4.27. The summed E-state index contributed by atoms with van der Waals surface area (Å²) >= 11 is 1.60. The van der Waals surface area contributed by atoms with Crippen LogP contribution in [0.1, 0.15) is 32.6 Å². The zero-order valence-corrected chi connectivity index (χ0v) is 9.27. The maximum absolute atomic E-state index is 4.27. The van der Waals surface area contributed by atoms with Crippen molar-refractivity contribution in [3.63, 3.8) is 0 Å². The molecular weight excluding hydrogens is 182 g/mol. The molecule has 3 nitrogen and oxygen atoms in total. The lowest BCUT2D eigenvalue weighted by atomic mass is 10.1. The van der Waals surface area contributed by atoms with E-state index in [-0.39, 0.29) is 5.54 Å². The molecule has 0 spiro atoms. The first kappa shape index (κ1) is 10.2. The molecule has 0 aromatic carbocycles. The molecule has 1 rings (SSSR count). The van der Waals surface area contributed by atoms with Gasteiger partial charge in [0.15, 0.2) is 0 Å². The van der Waals surface area contributed by atoms with E-state index in [0.29, 0.717) is 0 Å². The highest BCUT2D eigenvalue weighted by molar-refractivity contribution is 7.11. The fourth-order valence-corrected chi connectivity index (χ4v) is 1.27. The fraction of sp³-hybridized carbons (Fsp3) is 0.556. The topological polar surface area (TPSA) is 37.3 Å². The van der Waals surface area contributed by atoms with Crippen molar-refractivity contribution in [3.8, 4) is 0 Å². The number of aromatic nitrogens is 1. The monoisotopic (exact) mass is 197 g/mol. The first-order chi connectivity index (χ1) is 5.99. The van der Waals surface area contributed by atoms with E-state index >= 15 is 0 Å². The Kier molecular flexibility index (Phi) is 3.03. The molecule has 1 aromatic rings. The number of rotatable bonds is 2. The molecule has 13 heavy (non-hydrogen) atoms. The summed E-state index contributed by atoms with van der Waals surface area (Å²) in [6.07, 6.45) is 1.83. The van der Waals surface area contributed by atoms with Crippen LogP contribution in [0.4, 0.5) is 0 Å². The number of thiazole rings is 1. The minimum atomic E-state index is 0.0198. The summed E-state index contributed by atoms with van der Waals surface area (Å²) in [6, 6.07) is 0. The van der Waals surface area contributed by atoms with Crippen molar-refractivity contribution < 1.29 is 0 Å². The highest BCUT2D eigenvalue weighted by Crippen LogP contribution is 2.07. The van der Waals surface area contributed by atoms with Crippen LogP contribution in [0.5, 0.6) is 0 Å². The van der Waals surface area contributed by atoms with Crippen molar-refractivity contribution in [2.45, 2.75) is 33.2 Å². The predicted octanol–water partition coefficient (Wildman–Crippen LogP) is 2.26. The van der Waals surface area contributed by atoms with Crippen LogP contribution in [0, 0.1) is 0 Å². The summed E-state index contributed by atoms with van der Waals surface area (Å²) in [5, 5.41) is 4.27. The van der Waals surface area contributed by atoms with E-state index in [1.807, 2.05) is 18.6 Å². The molecular formula is C9H15N3S. The van der Waals surface area contributed by atoms with Gasteiger partial charge >= 0.3 is 0 Å². The third-order valence-corrected chi connectivity index (χ3v) is 2.23. The lowest BCUT2D eigenvalue weighted by molar-refractivity contribution is 0.441. The minimum Gasteiger partial charge on any atom is -0.305 e. The van der Waals surface area contributed by atoms with Gasteiger partial charge in [0.25, 0.3) is 0 Å². The number of hydrogen-bond donors (Lipinski definition) is 1. The first-order valence-corrected chi connectivity index (χ1v) is 5.07. The number of hydrogen-bond acceptors (Lipinski definition) is 4. The van der Waals surface area contributed by atoms with Crippen molar-refractivity contribution in [3.05, 3.63) is 16.6 Å². The van der Waals surface area contributed by atoms with E-state index in [9.17, 15) is 0 Å². The zero-order valence-electron chi connectivity index (χ0n) is 8.46. The van der Waals surface area contributed by atoms with Gasteiger partial charge in [0.2, 0.25) is 0 Å². The molecule has 0 atom stereocenters. The van der Waals surface area contributed by atoms with Gasteiger partial charge in [-0.15, -0.1) is 11.3 Å². The van der Waals surface area contributed by atoms with Gasteiger partial charge in [0.05, 0.1) is 16.1 Å². The van der Waals surface area contributed by atoms with Crippen LogP contribution in [0.15, 0.2) is 16.8 Å². The number of hydrazone groups is 1. The van der Waals surface area contributed by atoms with Gasteiger partial charge in [0.1, 0.15) is 0 Å². The van der Waals surface area contributed by atoms with Crippen LogP contribution >= 0.6 is 11.3 Å². The van der Waals surface area contributed by atoms with E-state index in [4.69, 9.17) is 0 Å². The second-order valence-electron chi connectivity index (χ2n) is 3.92. The molecule has 0 unspecified atom stereocenters. The highest BCUT2D eigenvalue weighted by atomic mass is 32.1. The molecule has 0 aliphatic rings. The molecule has 0 fully saturated rings. The lowest BCUT2D eigenvalue weighted by Gasteiger charge is -2.17.